The van der Waals surface area contributed by atoms with Gasteiger partial charge in [0.15, 0.2) is 5.65 Å². The molecule has 0 unspecified atom stereocenters. The van der Waals surface area contributed by atoms with Crippen LogP contribution in [0.15, 0.2) is 12.5 Å². The number of hydrogen-bond acceptors (Lipinski definition) is 4. The highest BCUT2D eigenvalue weighted by atomic mass is 16.4. The molecule has 1 aliphatic carbocycles. The molecule has 0 aliphatic heterocycles. The van der Waals surface area contributed by atoms with Gasteiger partial charge in [0.05, 0.1) is 11.6 Å². The van der Waals surface area contributed by atoms with Crippen molar-refractivity contribution in [1.29, 1.82) is 0 Å². The van der Waals surface area contributed by atoms with Crippen molar-refractivity contribution >= 4 is 17.1 Å². The fraction of sp³-hybridized carbons (Fsp3) is 0.538. The standard InChI is InChI=1S/C13H16N4O2/c18-12(19)13(4-2-1-3-5-13)6-10-16-9-7-14-8-15-11(9)17-10/h7-8H,1-6H2,(H,18,19)(H,14,15,16,17). The number of carboxylic acid groups (broad SMARTS) is 1. The zero-order chi connectivity index (χ0) is 13.3. The zero-order valence-electron chi connectivity index (χ0n) is 10.6. The molecule has 0 aromatic carbocycles. The molecule has 0 radical (unpaired) electrons. The number of aromatic amines is 1. The van der Waals surface area contributed by atoms with E-state index in [0.717, 1.165) is 37.6 Å². The largest absolute Gasteiger partial charge is 0.481 e. The molecule has 2 aromatic heterocycles. The summed E-state index contributed by atoms with van der Waals surface area (Å²) in [5.41, 5.74) is 0.690. The summed E-state index contributed by atoms with van der Waals surface area (Å²) in [5, 5.41) is 9.56. The maximum atomic E-state index is 11.6. The maximum absolute atomic E-state index is 11.6. The van der Waals surface area contributed by atoms with Gasteiger partial charge >= 0.3 is 5.97 Å². The number of carbonyl (C=O) groups is 1. The average molecular weight is 260 g/mol. The monoisotopic (exact) mass is 260 g/mol. The maximum Gasteiger partial charge on any atom is 0.310 e. The van der Waals surface area contributed by atoms with Gasteiger partial charge in [-0.15, -0.1) is 0 Å². The second-order valence-corrected chi connectivity index (χ2v) is 5.27. The van der Waals surface area contributed by atoms with Crippen LogP contribution in [0.25, 0.3) is 11.2 Å². The first-order valence-electron chi connectivity index (χ1n) is 6.58. The van der Waals surface area contributed by atoms with E-state index in [1.54, 1.807) is 6.20 Å². The Morgan fingerprint density at radius 2 is 2.16 bits per heavy atom. The first-order chi connectivity index (χ1) is 9.20. The first-order valence-corrected chi connectivity index (χ1v) is 6.58. The Bertz CT molecular complexity index is 568. The van der Waals surface area contributed by atoms with Crippen LogP contribution in [-0.4, -0.2) is 31.0 Å². The van der Waals surface area contributed by atoms with Crippen LogP contribution < -0.4 is 0 Å². The molecule has 0 amide bonds. The highest BCUT2D eigenvalue weighted by Gasteiger charge is 2.40. The second kappa shape index (κ2) is 4.60. The molecular weight excluding hydrogens is 244 g/mol. The third-order valence-electron chi connectivity index (χ3n) is 3.98. The van der Waals surface area contributed by atoms with Gasteiger partial charge in [-0.2, -0.15) is 0 Å². The van der Waals surface area contributed by atoms with E-state index in [4.69, 9.17) is 0 Å². The third-order valence-corrected chi connectivity index (χ3v) is 3.98. The molecule has 100 valence electrons. The second-order valence-electron chi connectivity index (χ2n) is 5.27. The molecule has 1 aliphatic rings. The Kier molecular flexibility index (Phi) is 2.93. The van der Waals surface area contributed by atoms with E-state index in [1.165, 1.54) is 6.33 Å². The number of carboxylic acids is 1. The number of nitrogens with one attached hydrogen (secondary N) is 1. The minimum Gasteiger partial charge on any atom is -0.481 e. The van der Waals surface area contributed by atoms with Crippen LogP contribution in [-0.2, 0) is 11.2 Å². The van der Waals surface area contributed by atoms with Gasteiger partial charge in [0.1, 0.15) is 17.7 Å². The highest BCUT2D eigenvalue weighted by molar-refractivity contribution is 5.75. The lowest BCUT2D eigenvalue weighted by atomic mass is 9.72. The molecule has 19 heavy (non-hydrogen) atoms. The summed E-state index contributed by atoms with van der Waals surface area (Å²) < 4.78 is 0. The van der Waals surface area contributed by atoms with Crippen LogP contribution in [0.5, 0.6) is 0 Å². The summed E-state index contributed by atoms with van der Waals surface area (Å²) in [7, 11) is 0. The average Bonchev–Trinajstić information content (AvgIpc) is 2.81. The number of aromatic nitrogens is 4. The predicted octanol–water partition coefficient (Wildman–Crippen LogP) is 1.93. The van der Waals surface area contributed by atoms with Crippen molar-refractivity contribution in [3.63, 3.8) is 0 Å². The number of H-pyrrole nitrogens is 1. The smallest absolute Gasteiger partial charge is 0.310 e. The lowest BCUT2D eigenvalue weighted by molar-refractivity contribution is -0.151. The molecule has 2 heterocycles. The molecule has 0 saturated heterocycles. The van der Waals surface area contributed by atoms with Crippen LogP contribution in [0.2, 0.25) is 0 Å². The Morgan fingerprint density at radius 1 is 1.37 bits per heavy atom. The summed E-state index contributed by atoms with van der Waals surface area (Å²) in [5.74, 6) is -0.0152. The number of imidazole rings is 1. The van der Waals surface area contributed by atoms with Gasteiger partial charge in [0.25, 0.3) is 0 Å². The quantitative estimate of drug-likeness (QED) is 0.879. The van der Waals surface area contributed by atoms with Crippen molar-refractivity contribution in [2.75, 3.05) is 0 Å². The van der Waals surface area contributed by atoms with Crippen molar-refractivity contribution in [3.05, 3.63) is 18.3 Å². The lowest BCUT2D eigenvalue weighted by Gasteiger charge is -2.32. The van der Waals surface area contributed by atoms with E-state index in [9.17, 15) is 9.90 Å². The molecule has 2 N–H and O–H groups in total. The Balaban J connectivity index is 1.91. The van der Waals surface area contributed by atoms with Gasteiger partial charge < -0.3 is 10.1 Å². The molecule has 0 bridgehead atoms. The van der Waals surface area contributed by atoms with E-state index in [1.807, 2.05) is 0 Å². The van der Waals surface area contributed by atoms with E-state index >= 15 is 0 Å². The van der Waals surface area contributed by atoms with Crippen molar-refractivity contribution < 1.29 is 9.90 Å². The van der Waals surface area contributed by atoms with Crippen molar-refractivity contribution in [3.8, 4) is 0 Å². The van der Waals surface area contributed by atoms with E-state index < -0.39 is 11.4 Å². The van der Waals surface area contributed by atoms with E-state index in [0.29, 0.717) is 17.9 Å². The van der Waals surface area contributed by atoms with Gasteiger partial charge in [-0.3, -0.25) is 4.79 Å². The van der Waals surface area contributed by atoms with Gasteiger partial charge in [-0.1, -0.05) is 19.3 Å². The molecule has 2 aromatic rings. The fourth-order valence-corrected chi connectivity index (χ4v) is 2.91. The minimum absolute atomic E-state index is 0.443. The van der Waals surface area contributed by atoms with Crippen molar-refractivity contribution in [2.45, 2.75) is 38.5 Å². The van der Waals surface area contributed by atoms with Crippen LogP contribution in [0.4, 0.5) is 0 Å². The Labute approximate surface area is 110 Å². The first kappa shape index (κ1) is 12.1. The summed E-state index contributed by atoms with van der Waals surface area (Å²) in [6.45, 7) is 0. The number of aliphatic carboxylic acids is 1. The third kappa shape index (κ3) is 2.18. The summed E-state index contributed by atoms with van der Waals surface area (Å²) in [4.78, 5) is 27.1. The lowest BCUT2D eigenvalue weighted by Crippen LogP contribution is -2.35. The molecular formula is C13H16N4O2. The summed E-state index contributed by atoms with van der Waals surface area (Å²) in [6, 6.07) is 0. The Morgan fingerprint density at radius 3 is 2.84 bits per heavy atom. The number of hydrogen-bond donors (Lipinski definition) is 2. The number of rotatable bonds is 3. The van der Waals surface area contributed by atoms with Crippen LogP contribution >= 0.6 is 0 Å². The van der Waals surface area contributed by atoms with Crippen LogP contribution in [0.1, 0.15) is 37.9 Å². The molecule has 3 rings (SSSR count). The summed E-state index contributed by atoms with van der Waals surface area (Å²) >= 11 is 0. The fourth-order valence-electron chi connectivity index (χ4n) is 2.91. The SMILES string of the molecule is O=C(O)C1(Cc2nc3ncncc3[nH]2)CCCCC1. The number of fused-ring (bicyclic) bond motifs is 1. The van der Waals surface area contributed by atoms with Gasteiger partial charge in [-0.05, 0) is 12.8 Å². The number of nitrogens with zero attached hydrogens (tertiary/aromatic N) is 3. The molecule has 6 nitrogen and oxygen atoms in total. The highest BCUT2D eigenvalue weighted by Crippen LogP contribution is 2.39. The van der Waals surface area contributed by atoms with Crippen molar-refractivity contribution in [1.82, 2.24) is 19.9 Å². The predicted molar refractivity (Wildman–Crippen MR) is 68.5 cm³/mol. The van der Waals surface area contributed by atoms with Gasteiger partial charge in [-0.25, -0.2) is 15.0 Å². The van der Waals surface area contributed by atoms with Gasteiger partial charge in [0.2, 0.25) is 0 Å². The molecule has 6 heteroatoms. The summed E-state index contributed by atoms with van der Waals surface area (Å²) in [6.07, 6.45) is 8.09. The molecule has 0 spiro atoms. The van der Waals surface area contributed by atoms with Crippen LogP contribution in [0.3, 0.4) is 0 Å². The normalized spacial score (nSPS) is 18.5. The molecule has 1 fully saturated rings. The Hall–Kier alpha value is -1.98. The van der Waals surface area contributed by atoms with Crippen LogP contribution in [0, 0.1) is 5.41 Å². The zero-order valence-corrected chi connectivity index (χ0v) is 10.6. The van der Waals surface area contributed by atoms with E-state index in [2.05, 4.69) is 19.9 Å². The van der Waals surface area contributed by atoms with Crippen molar-refractivity contribution in [2.24, 2.45) is 5.41 Å². The van der Waals surface area contributed by atoms with E-state index in [-0.39, 0.29) is 0 Å². The minimum atomic E-state index is -0.709. The molecule has 0 atom stereocenters. The van der Waals surface area contributed by atoms with Gasteiger partial charge in [0, 0.05) is 6.42 Å². The molecule has 1 saturated carbocycles. The topological polar surface area (TPSA) is 91.8 Å².